The molecule has 0 saturated heterocycles. The predicted octanol–water partition coefficient (Wildman–Crippen LogP) is 3.00. The minimum absolute atomic E-state index is 1.13. The van der Waals surface area contributed by atoms with Crippen LogP contribution in [0.5, 0.6) is 0 Å². The van der Waals surface area contributed by atoms with Crippen LogP contribution >= 0.6 is 0 Å². The van der Waals surface area contributed by atoms with Crippen molar-refractivity contribution >= 4 is 0 Å². The molecule has 0 atom stereocenters. The second kappa shape index (κ2) is 5.02. The molecule has 0 unspecified atom stereocenters. The molecule has 12 heavy (non-hydrogen) atoms. The Labute approximate surface area is 75.6 Å². The SMILES string of the molecule is CCCCNC1=CC=C(C)CC1. The van der Waals surface area contributed by atoms with Gasteiger partial charge in [0.2, 0.25) is 0 Å². The lowest BCUT2D eigenvalue weighted by molar-refractivity contribution is 0.678. The average Bonchev–Trinajstić information content (AvgIpc) is 2.09. The summed E-state index contributed by atoms with van der Waals surface area (Å²) in [6, 6.07) is 0. The van der Waals surface area contributed by atoms with Crippen molar-refractivity contribution in [3.63, 3.8) is 0 Å². The van der Waals surface area contributed by atoms with Gasteiger partial charge in [0.25, 0.3) is 0 Å². The molecule has 0 radical (unpaired) electrons. The Bertz CT molecular complexity index is 189. The van der Waals surface area contributed by atoms with Crippen LogP contribution in [0.4, 0.5) is 0 Å². The highest BCUT2D eigenvalue weighted by atomic mass is 14.9. The zero-order chi connectivity index (χ0) is 8.81. The maximum Gasteiger partial charge on any atom is 0.0143 e. The van der Waals surface area contributed by atoms with E-state index in [4.69, 9.17) is 0 Å². The number of allylic oxidation sites excluding steroid dienone is 4. The third-order valence-corrected chi connectivity index (χ3v) is 2.24. The summed E-state index contributed by atoms with van der Waals surface area (Å²) < 4.78 is 0. The minimum atomic E-state index is 1.13. The van der Waals surface area contributed by atoms with E-state index in [1.54, 1.807) is 0 Å². The van der Waals surface area contributed by atoms with Gasteiger partial charge in [0.05, 0.1) is 0 Å². The highest BCUT2D eigenvalue weighted by molar-refractivity contribution is 5.21. The number of hydrogen-bond acceptors (Lipinski definition) is 1. The lowest BCUT2D eigenvalue weighted by atomic mass is 10.0. The number of unbranched alkanes of at least 4 members (excludes halogenated alkanes) is 1. The lowest BCUT2D eigenvalue weighted by Gasteiger charge is -2.13. The first-order valence-corrected chi connectivity index (χ1v) is 4.93. The van der Waals surface area contributed by atoms with E-state index in [1.807, 2.05) is 0 Å². The third kappa shape index (κ3) is 3.12. The number of nitrogens with one attached hydrogen (secondary N) is 1. The Morgan fingerprint density at radius 1 is 1.33 bits per heavy atom. The molecule has 1 aliphatic carbocycles. The van der Waals surface area contributed by atoms with E-state index >= 15 is 0 Å². The van der Waals surface area contributed by atoms with Gasteiger partial charge in [-0.3, -0.25) is 0 Å². The lowest BCUT2D eigenvalue weighted by Crippen LogP contribution is -2.15. The summed E-state index contributed by atoms with van der Waals surface area (Å²) >= 11 is 0. The summed E-state index contributed by atoms with van der Waals surface area (Å²) in [6.45, 7) is 5.55. The molecule has 1 nitrogen and oxygen atoms in total. The summed E-state index contributed by atoms with van der Waals surface area (Å²) in [7, 11) is 0. The zero-order valence-electron chi connectivity index (χ0n) is 8.19. The quantitative estimate of drug-likeness (QED) is 0.631. The van der Waals surface area contributed by atoms with Crippen molar-refractivity contribution in [1.82, 2.24) is 5.32 Å². The molecular weight excluding hydrogens is 146 g/mol. The van der Waals surface area contributed by atoms with Crippen LogP contribution in [-0.4, -0.2) is 6.54 Å². The Balaban J connectivity index is 2.24. The molecule has 0 amide bonds. The Morgan fingerprint density at radius 2 is 2.17 bits per heavy atom. The highest BCUT2D eigenvalue weighted by Gasteiger charge is 2.01. The first-order valence-electron chi connectivity index (χ1n) is 4.93. The Hall–Kier alpha value is -0.720. The molecule has 68 valence electrons. The van der Waals surface area contributed by atoms with Gasteiger partial charge in [-0.15, -0.1) is 0 Å². The largest absolute Gasteiger partial charge is 0.388 e. The minimum Gasteiger partial charge on any atom is -0.388 e. The van der Waals surface area contributed by atoms with Crippen molar-refractivity contribution in [3.05, 3.63) is 23.4 Å². The molecule has 0 aromatic carbocycles. The Morgan fingerprint density at radius 3 is 2.75 bits per heavy atom. The maximum atomic E-state index is 3.46. The van der Waals surface area contributed by atoms with E-state index in [9.17, 15) is 0 Å². The predicted molar refractivity (Wildman–Crippen MR) is 54.0 cm³/mol. The van der Waals surface area contributed by atoms with E-state index in [0.29, 0.717) is 0 Å². The van der Waals surface area contributed by atoms with Gasteiger partial charge >= 0.3 is 0 Å². The molecule has 0 spiro atoms. The molecule has 0 aliphatic heterocycles. The van der Waals surface area contributed by atoms with Crippen LogP contribution < -0.4 is 5.32 Å². The van der Waals surface area contributed by atoms with Crippen molar-refractivity contribution in [1.29, 1.82) is 0 Å². The fourth-order valence-corrected chi connectivity index (χ4v) is 1.31. The van der Waals surface area contributed by atoms with Crippen molar-refractivity contribution in [2.24, 2.45) is 0 Å². The first-order chi connectivity index (χ1) is 5.83. The topological polar surface area (TPSA) is 12.0 Å². The maximum absolute atomic E-state index is 3.46. The summed E-state index contributed by atoms with van der Waals surface area (Å²) in [5, 5.41) is 3.46. The van der Waals surface area contributed by atoms with Gasteiger partial charge in [0, 0.05) is 12.2 Å². The fourth-order valence-electron chi connectivity index (χ4n) is 1.31. The summed E-state index contributed by atoms with van der Waals surface area (Å²) in [4.78, 5) is 0. The molecule has 0 aromatic heterocycles. The molecule has 0 bridgehead atoms. The van der Waals surface area contributed by atoms with Gasteiger partial charge in [-0.1, -0.05) is 25.0 Å². The molecule has 0 aromatic rings. The molecule has 1 heteroatoms. The first kappa shape index (κ1) is 9.37. The Kier molecular flexibility index (Phi) is 3.92. The van der Waals surface area contributed by atoms with Crippen molar-refractivity contribution < 1.29 is 0 Å². The van der Waals surface area contributed by atoms with Crippen LogP contribution in [0.25, 0.3) is 0 Å². The van der Waals surface area contributed by atoms with Crippen molar-refractivity contribution in [3.8, 4) is 0 Å². The number of rotatable bonds is 4. The molecule has 0 heterocycles. The summed E-state index contributed by atoms with van der Waals surface area (Å²) in [5.74, 6) is 0. The monoisotopic (exact) mass is 165 g/mol. The van der Waals surface area contributed by atoms with Gasteiger partial charge in [-0.05, 0) is 32.3 Å². The molecule has 1 aliphatic rings. The van der Waals surface area contributed by atoms with Crippen LogP contribution in [-0.2, 0) is 0 Å². The van der Waals surface area contributed by atoms with E-state index in [2.05, 4.69) is 31.3 Å². The van der Waals surface area contributed by atoms with Gasteiger partial charge in [0.1, 0.15) is 0 Å². The van der Waals surface area contributed by atoms with Gasteiger partial charge in [-0.2, -0.15) is 0 Å². The van der Waals surface area contributed by atoms with Gasteiger partial charge < -0.3 is 5.32 Å². The van der Waals surface area contributed by atoms with Crippen LogP contribution in [0.3, 0.4) is 0 Å². The van der Waals surface area contributed by atoms with E-state index < -0.39 is 0 Å². The standard InChI is InChI=1S/C11H19N/c1-3-4-9-12-11-7-5-10(2)6-8-11/h5,7,12H,3-4,6,8-9H2,1-2H3. The number of hydrogen-bond donors (Lipinski definition) is 1. The van der Waals surface area contributed by atoms with Gasteiger partial charge in [-0.25, -0.2) is 0 Å². The fraction of sp³-hybridized carbons (Fsp3) is 0.636. The smallest absolute Gasteiger partial charge is 0.0143 e. The normalized spacial score (nSPS) is 16.8. The van der Waals surface area contributed by atoms with Crippen LogP contribution in [0.2, 0.25) is 0 Å². The van der Waals surface area contributed by atoms with Crippen LogP contribution in [0, 0.1) is 0 Å². The van der Waals surface area contributed by atoms with Crippen molar-refractivity contribution in [2.45, 2.75) is 39.5 Å². The van der Waals surface area contributed by atoms with E-state index in [-0.39, 0.29) is 0 Å². The average molecular weight is 165 g/mol. The second-order valence-corrected chi connectivity index (χ2v) is 3.49. The molecule has 1 N–H and O–H groups in total. The molecule has 0 saturated carbocycles. The van der Waals surface area contributed by atoms with Crippen LogP contribution in [0.15, 0.2) is 23.4 Å². The molecule has 0 fully saturated rings. The van der Waals surface area contributed by atoms with Crippen LogP contribution in [0.1, 0.15) is 39.5 Å². The molecule has 1 rings (SSSR count). The highest BCUT2D eigenvalue weighted by Crippen LogP contribution is 2.15. The third-order valence-electron chi connectivity index (χ3n) is 2.24. The van der Waals surface area contributed by atoms with Gasteiger partial charge in [0.15, 0.2) is 0 Å². The van der Waals surface area contributed by atoms with E-state index in [0.717, 1.165) is 6.54 Å². The zero-order valence-corrected chi connectivity index (χ0v) is 8.19. The van der Waals surface area contributed by atoms with Crippen molar-refractivity contribution in [2.75, 3.05) is 6.54 Å². The molecular formula is C11H19N. The van der Waals surface area contributed by atoms with E-state index in [1.165, 1.54) is 37.0 Å². The summed E-state index contributed by atoms with van der Waals surface area (Å²) in [6.07, 6.45) is 9.42. The second-order valence-electron chi connectivity index (χ2n) is 3.49. The summed E-state index contributed by atoms with van der Waals surface area (Å²) in [5.41, 5.74) is 2.91.